The van der Waals surface area contributed by atoms with Crippen LogP contribution in [-0.2, 0) is 22.6 Å². The number of carbonyl (C=O) groups is 2. The van der Waals surface area contributed by atoms with Crippen LogP contribution in [-0.4, -0.2) is 52.8 Å². The molecular formula is C27H30N4O2. The van der Waals surface area contributed by atoms with Crippen LogP contribution in [0.4, 0.5) is 0 Å². The molecule has 0 radical (unpaired) electrons. The highest BCUT2D eigenvalue weighted by molar-refractivity contribution is 5.84. The molecule has 6 heteroatoms. The third-order valence-electron chi connectivity index (χ3n) is 6.12. The first-order chi connectivity index (χ1) is 16.1. The SMILES string of the molecule is CN1C[C@@H](CNC(=O)CCc2ccccc2)N(Cc2cccnc2)[C@@H](c2ccccc2)C1=O. The second kappa shape index (κ2) is 10.9. The normalized spacial score (nSPS) is 18.8. The second-order valence-electron chi connectivity index (χ2n) is 8.51. The van der Waals surface area contributed by atoms with E-state index in [1.165, 1.54) is 0 Å². The van der Waals surface area contributed by atoms with Crippen LogP contribution in [0.5, 0.6) is 0 Å². The molecule has 1 N–H and O–H groups in total. The van der Waals surface area contributed by atoms with Crippen molar-refractivity contribution in [3.05, 3.63) is 102 Å². The van der Waals surface area contributed by atoms with Crippen LogP contribution in [0.15, 0.2) is 85.2 Å². The summed E-state index contributed by atoms with van der Waals surface area (Å²) in [5.41, 5.74) is 3.15. The smallest absolute Gasteiger partial charge is 0.244 e. The van der Waals surface area contributed by atoms with Gasteiger partial charge in [0.05, 0.1) is 0 Å². The lowest BCUT2D eigenvalue weighted by molar-refractivity contribution is -0.144. The average molecular weight is 443 g/mol. The third kappa shape index (κ3) is 5.84. The van der Waals surface area contributed by atoms with E-state index >= 15 is 0 Å². The van der Waals surface area contributed by atoms with Gasteiger partial charge < -0.3 is 10.2 Å². The van der Waals surface area contributed by atoms with Gasteiger partial charge in [-0.3, -0.25) is 19.5 Å². The number of hydrogen-bond acceptors (Lipinski definition) is 4. The molecule has 33 heavy (non-hydrogen) atoms. The number of benzene rings is 2. The van der Waals surface area contributed by atoms with E-state index < -0.39 is 6.04 Å². The van der Waals surface area contributed by atoms with Crippen LogP contribution in [0.3, 0.4) is 0 Å². The Labute approximate surface area is 195 Å². The average Bonchev–Trinajstić information content (AvgIpc) is 2.86. The van der Waals surface area contributed by atoms with E-state index in [1.54, 1.807) is 11.1 Å². The number of aromatic nitrogens is 1. The number of hydrogen-bond donors (Lipinski definition) is 1. The Morgan fingerprint density at radius 2 is 1.70 bits per heavy atom. The fourth-order valence-corrected chi connectivity index (χ4v) is 4.37. The molecule has 2 heterocycles. The molecule has 3 aromatic rings. The minimum atomic E-state index is -0.406. The molecule has 0 unspecified atom stereocenters. The van der Waals surface area contributed by atoms with Crippen molar-refractivity contribution in [2.24, 2.45) is 0 Å². The molecule has 0 aliphatic carbocycles. The number of likely N-dealkylation sites (N-methyl/N-ethyl adjacent to an activating group) is 1. The van der Waals surface area contributed by atoms with E-state index in [2.05, 4.69) is 15.2 Å². The van der Waals surface area contributed by atoms with Gasteiger partial charge >= 0.3 is 0 Å². The maximum absolute atomic E-state index is 13.3. The van der Waals surface area contributed by atoms with Gasteiger partial charge in [-0.15, -0.1) is 0 Å². The largest absolute Gasteiger partial charge is 0.354 e. The zero-order valence-electron chi connectivity index (χ0n) is 18.9. The lowest BCUT2D eigenvalue weighted by atomic mass is 9.97. The van der Waals surface area contributed by atoms with Gasteiger partial charge in [0, 0.05) is 51.5 Å². The van der Waals surface area contributed by atoms with Crippen molar-refractivity contribution >= 4 is 11.8 Å². The Morgan fingerprint density at radius 3 is 2.39 bits per heavy atom. The molecule has 1 aromatic heterocycles. The zero-order valence-corrected chi connectivity index (χ0v) is 18.9. The minimum Gasteiger partial charge on any atom is -0.354 e. The first-order valence-electron chi connectivity index (χ1n) is 11.4. The molecule has 0 bridgehead atoms. The van der Waals surface area contributed by atoms with E-state index in [0.717, 1.165) is 16.7 Å². The van der Waals surface area contributed by atoms with Crippen molar-refractivity contribution in [1.82, 2.24) is 20.1 Å². The van der Waals surface area contributed by atoms with Crippen LogP contribution in [0, 0.1) is 0 Å². The van der Waals surface area contributed by atoms with E-state index in [-0.39, 0.29) is 17.9 Å². The van der Waals surface area contributed by atoms with Crippen molar-refractivity contribution in [2.75, 3.05) is 20.1 Å². The molecule has 2 aromatic carbocycles. The predicted octanol–water partition coefficient (Wildman–Crippen LogP) is 3.21. The summed E-state index contributed by atoms with van der Waals surface area (Å²) in [5, 5.41) is 3.11. The van der Waals surface area contributed by atoms with Crippen molar-refractivity contribution in [1.29, 1.82) is 0 Å². The number of nitrogens with zero attached hydrogens (tertiary/aromatic N) is 3. The summed E-state index contributed by atoms with van der Waals surface area (Å²) in [6.07, 6.45) is 4.73. The number of piperazine rings is 1. The van der Waals surface area contributed by atoms with E-state index in [0.29, 0.717) is 32.5 Å². The Balaban J connectivity index is 1.50. The van der Waals surface area contributed by atoms with Crippen LogP contribution in [0.25, 0.3) is 0 Å². The van der Waals surface area contributed by atoms with Gasteiger partial charge in [-0.05, 0) is 29.2 Å². The van der Waals surface area contributed by atoms with Crippen LogP contribution < -0.4 is 5.32 Å². The Hall–Kier alpha value is -3.51. The monoisotopic (exact) mass is 442 g/mol. The minimum absolute atomic E-state index is 0.0150. The Bertz CT molecular complexity index is 1040. The van der Waals surface area contributed by atoms with Gasteiger partial charge in [-0.1, -0.05) is 66.7 Å². The molecule has 0 saturated carbocycles. The molecule has 1 aliphatic rings. The molecule has 4 rings (SSSR count). The van der Waals surface area contributed by atoms with E-state index in [1.807, 2.05) is 86.0 Å². The lowest BCUT2D eigenvalue weighted by Crippen LogP contribution is -2.59. The second-order valence-corrected chi connectivity index (χ2v) is 8.51. The topological polar surface area (TPSA) is 65.5 Å². The predicted molar refractivity (Wildman–Crippen MR) is 128 cm³/mol. The van der Waals surface area contributed by atoms with Gasteiger partial charge in [-0.2, -0.15) is 0 Å². The molecule has 170 valence electrons. The van der Waals surface area contributed by atoms with E-state index in [4.69, 9.17) is 0 Å². The first kappa shape index (κ1) is 22.7. The molecule has 6 nitrogen and oxygen atoms in total. The lowest BCUT2D eigenvalue weighted by Gasteiger charge is -2.45. The van der Waals surface area contributed by atoms with Gasteiger partial charge in [0.25, 0.3) is 0 Å². The van der Waals surface area contributed by atoms with Crippen LogP contribution in [0.1, 0.15) is 29.2 Å². The fraction of sp³-hybridized carbons (Fsp3) is 0.296. The molecule has 2 atom stereocenters. The summed E-state index contributed by atoms with van der Waals surface area (Å²) in [6.45, 7) is 1.62. The number of rotatable bonds is 8. The number of aryl methyl sites for hydroxylation is 1. The van der Waals surface area contributed by atoms with Gasteiger partial charge in [0.2, 0.25) is 11.8 Å². The molecule has 1 aliphatic heterocycles. The quantitative estimate of drug-likeness (QED) is 0.582. The van der Waals surface area contributed by atoms with Gasteiger partial charge in [-0.25, -0.2) is 0 Å². The fourth-order valence-electron chi connectivity index (χ4n) is 4.37. The summed E-state index contributed by atoms with van der Waals surface area (Å²) in [5.74, 6) is 0.0905. The Morgan fingerprint density at radius 1 is 1.00 bits per heavy atom. The number of amides is 2. The standard InChI is InChI=1S/C27H30N4O2/c1-30-20-24(18-29-25(32)15-14-21-9-4-2-5-10-21)31(19-22-11-8-16-28-17-22)26(27(30)33)23-12-6-3-7-13-23/h2-13,16-17,24,26H,14-15,18-20H2,1H3,(H,29,32)/t24-,26+/m1/s1. The highest BCUT2D eigenvalue weighted by Crippen LogP contribution is 2.31. The van der Waals surface area contributed by atoms with Crippen molar-refractivity contribution < 1.29 is 9.59 Å². The molecule has 1 saturated heterocycles. The molecule has 1 fully saturated rings. The third-order valence-corrected chi connectivity index (χ3v) is 6.12. The van der Waals surface area contributed by atoms with Crippen molar-refractivity contribution in [3.63, 3.8) is 0 Å². The molecular weight excluding hydrogens is 412 g/mol. The highest BCUT2D eigenvalue weighted by Gasteiger charge is 2.40. The number of carbonyl (C=O) groups excluding carboxylic acids is 2. The Kier molecular flexibility index (Phi) is 7.47. The van der Waals surface area contributed by atoms with Crippen LogP contribution in [0.2, 0.25) is 0 Å². The maximum atomic E-state index is 13.3. The zero-order chi connectivity index (χ0) is 23.0. The number of nitrogens with one attached hydrogen (secondary N) is 1. The number of pyridine rings is 1. The highest BCUT2D eigenvalue weighted by atomic mass is 16.2. The van der Waals surface area contributed by atoms with Crippen LogP contribution >= 0.6 is 0 Å². The maximum Gasteiger partial charge on any atom is 0.244 e. The molecule has 2 amide bonds. The first-order valence-corrected chi connectivity index (χ1v) is 11.4. The summed E-state index contributed by atoms with van der Waals surface area (Å²) >= 11 is 0. The van der Waals surface area contributed by atoms with Crippen molar-refractivity contribution in [3.8, 4) is 0 Å². The summed E-state index contributed by atoms with van der Waals surface area (Å²) in [7, 11) is 1.84. The summed E-state index contributed by atoms with van der Waals surface area (Å²) in [6, 6.07) is 23.4. The van der Waals surface area contributed by atoms with E-state index in [9.17, 15) is 9.59 Å². The molecule has 0 spiro atoms. The van der Waals surface area contributed by atoms with Gasteiger partial charge in [0.1, 0.15) is 6.04 Å². The van der Waals surface area contributed by atoms with Crippen molar-refractivity contribution in [2.45, 2.75) is 31.5 Å². The van der Waals surface area contributed by atoms with Gasteiger partial charge in [0.15, 0.2) is 0 Å². The summed E-state index contributed by atoms with van der Waals surface area (Å²) < 4.78 is 0. The summed E-state index contributed by atoms with van der Waals surface area (Å²) in [4.78, 5) is 34.1.